The number of carbonyl (C=O) groups is 2. The smallest absolute Gasteiger partial charge is 0.335 e. The first-order valence-corrected chi connectivity index (χ1v) is 7.69. The zero-order chi connectivity index (χ0) is 17.0. The van der Waals surface area contributed by atoms with Crippen LogP contribution < -0.4 is 0 Å². The van der Waals surface area contributed by atoms with Crippen LogP contribution in [0.3, 0.4) is 0 Å². The summed E-state index contributed by atoms with van der Waals surface area (Å²) in [7, 11) is 0. The standard InChI is InChI=1S/C17H28O5/c1-6-11-20-15(22-17(19)14(4)5)10-8-7-9-12-21-16(18)13(2)3/h15H,2,4,6-12H2,1,3,5H3. The summed E-state index contributed by atoms with van der Waals surface area (Å²) in [6, 6.07) is 0. The van der Waals surface area contributed by atoms with Gasteiger partial charge in [0, 0.05) is 17.6 Å². The van der Waals surface area contributed by atoms with Crippen molar-refractivity contribution in [1.82, 2.24) is 0 Å². The Morgan fingerprint density at radius 2 is 1.59 bits per heavy atom. The predicted octanol–water partition coefficient (Wildman–Crippen LogP) is 3.54. The Labute approximate surface area is 133 Å². The molecular weight excluding hydrogens is 284 g/mol. The maximum atomic E-state index is 11.5. The van der Waals surface area contributed by atoms with Crippen molar-refractivity contribution in [3.63, 3.8) is 0 Å². The molecule has 22 heavy (non-hydrogen) atoms. The molecule has 1 atom stereocenters. The van der Waals surface area contributed by atoms with Gasteiger partial charge in [-0.3, -0.25) is 0 Å². The Hall–Kier alpha value is -1.62. The molecule has 0 heterocycles. The highest BCUT2D eigenvalue weighted by Gasteiger charge is 2.15. The van der Waals surface area contributed by atoms with Gasteiger partial charge in [0.2, 0.25) is 6.29 Å². The zero-order valence-corrected chi connectivity index (χ0v) is 14.0. The van der Waals surface area contributed by atoms with E-state index >= 15 is 0 Å². The van der Waals surface area contributed by atoms with Gasteiger partial charge in [0.15, 0.2) is 0 Å². The van der Waals surface area contributed by atoms with Crippen molar-refractivity contribution in [2.75, 3.05) is 13.2 Å². The lowest BCUT2D eigenvalue weighted by Crippen LogP contribution is -2.22. The second-order valence-electron chi connectivity index (χ2n) is 5.25. The van der Waals surface area contributed by atoms with Gasteiger partial charge >= 0.3 is 11.9 Å². The Morgan fingerprint density at radius 3 is 2.14 bits per heavy atom. The number of unbranched alkanes of at least 4 members (excludes halogenated alkanes) is 2. The van der Waals surface area contributed by atoms with Gasteiger partial charge in [0.1, 0.15) is 0 Å². The van der Waals surface area contributed by atoms with E-state index in [1.807, 2.05) is 6.92 Å². The first-order valence-electron chi connectivity index (χ1n) is 7.69. The third-order valence-electron chi connectivity index (χ3n) is 2.76. The lowest BCUT2D eigenvalue weighted by molar-refractivity contribution is -0.176. The molecule has 0 aromatic carbocycles. The summed E-state index contributed by atoms with van der Waals surface area (Å²) in [5.74, 6) is -0.795. The van der Waals surface area contributed by atoms with Crippen LogP contribution in [0.2, 0.25) is 0 Å². The van der Waals surface area contributed by atoms with Gasteiger partial charge in [-0.1, -0.05) is 20.1 Å². The van der Waals surface area contributed by atoms with Crippen LogP contribution in [0.4, 0.5) is 0 Å². The normalized spacial score (nSPS) is 11.6. The molecular formula is C17H28O5. The summed E-state index contributed by atoms with van der Waals surface area (Å²) in [6.07, 6.45) is 3.38. The van der Waals surface area contributed by atoms with Gasteiger partial charge in [-0.25, -0.2) is 9.59 Å². The minimum absolute atomic E-state index is 0.358. The predicted molar refractivity (Wildman–Crippen MR) is 85.2 cm³/mol. The molecule has 1 unspecified atom stereocenters. The van der Waals surface area contributed by atoms with Crippen LogP contribution in [0.15, 0.2) is 24.3 Å². The van der Waals surface area contributed by atoms with Crippen molar-refractivity contribution >= 4 is 11.9 Å². The Morgan fingerprint density at radius 1 is 0.955 bits per heavy atom. The largest absolute Gasteiger partial charge is 0.462 e. The summed E-state index contributed by atoms with van der Waals surface area (Å²) >= 11 is 0. The van der Waals surface area contributed by atoms with Crippen LogP contribution in [0.5, 0.6) is 0 Å². The van der Waals surface area contributed by atoms with E-state index in [4.69, 9.17) is 14.2 Å². The molecule has 0 rings (SSSR count). The second-order valence-corrected chi connectivity index (χ2v) is 5.25. The topological polar surface area (TPSA) is 61.8 Å². The molecule has 0 aliphatic heterocycles. The summed E-state index contributed by atoms with van der Waals surface area (Å²) in [5, 5.41) is 0. The lowest BCUT2D eigenvalue weighted by Gasteiger charge is -2.18. The van der Waals surface area contributed by atoms with Gasteiger partial charge < -0.3 is 14.2 Å². The monoisotopic (exact) mass is 312 g/mol. The van der Waals surface area contributed by atoms with Gasteiger partial charge in [-0.2, -0.15) is 0 Å². The highest BCUT2D eigenvalue weighted by Crippen LogP contribution is 2.11. The summed E-state index contributed by atoms with van der Waals surface area (Å²) in [6.45, 7) is 13.2. The number of hydrogen-bond donors (Lipinski definition) is 0. The maximum absolute atomic E-state index is 11.5. The molecule has 5 nitrogen and oxygen atoms in total. The van der Waals surface area contributed by atoms with E-state index in [1.54, 1.807) is 13.8 Å². The van der Waals surface area contributed by atoms with E-state index in [2.05, 4.69) is 13.2 Å². The molecule has 0 bridgehead atoms. The molecule has 0 fully saturated rings. The number of esters is 2. The first-order chi connectivity index (χ1) is 10.4. The van der Waals surface area contributed by atoms with Crippen molar-refractivity contribution in [3.8, 4) is 0 Å². The molecule has 0 N–H and O–H groups in total. The van der Waals surface area contributed by atoms with E-state index in [0.717, 1.165) is 25.7 Å². The van der Waals surface area contributed by atoms with Crippen LogP contribution >= 0.6 is 0 Å². The fourth-order valence-corrected chi connectivity index (χ4v) is 1.52. The molecule has 0 aliphatic carbocycles. The van der Waals surface area contributed by atoms with Crippen LogP contribution in [0.1, 0.15) is 52.9 Å². The van der Waals surface area contributed by atoms with Crippen molar-refractivity contribution in [2.24, 2.45) is 0 Å². The number of rotatable bonds is 12. The van der Waals surface area contributed by atoms with Crippen molar-refractivity contribution in [3.05, 3.63) is 24.3 Å². The second kappa shape index (κ2) is 12.0. The average Bonchev–Trinajstić information content (AvgIpc) is 2.47. The Balaban J connectivity index is 3.92. The number of hydrogen-bond acceptors (Lipinski definition) is 5. The average molecular weight is 312 g/mol. The van der Waals surface area contributed by atoms with E-state index in [0.29, 0.717) is 30.8 Å². The summed E-state index contributed by atoms with van der Waals surface area (Å²) in [4.78, 5) is 22.7. The van der Waals surface area contributed by atoms with Crippen LogP contribution in [-0.2, 0) is 23.8 Å². The Bertz CT molecular complexity index is 387. The van der Waals surface area contributed by atoms with E-state index in [-0.39, 0.29) is 5.97 Å². The maximum Gasteiger partial charge on any atom is 0.335 e. The van der Waals surface area contributed by atoms with Gasteiger partial charge in [-0.05, 0) is 39.5 Å². The molecule has 0 radical (unpaired) electrons. The minimum atomic E-state index is -0.540. The summed E-state index contributed by atoms with van der Waals surface area (Å²) in [5.41, 5.74) is 0.761. The van der Waals surface area contributed by atoms with Crippen molar-refractivity contribution in [1.29, 1.82) is 0 Å². The number of carbonyl (C=O) groups excluding carboxylic acids is 2. The van der Waals surface area contributed by atoms with E-state index < -0.39 is 12.3 Å². The SMILES string of the molecule is C=C(C)C(=O)OCCCCCC(OCCC)OC(=O)C(=C)C. The van der Waals surface area contributed by atoms with Crippen LogP contribution in [0.25, 0.3) is 0 Å². The fourth-order valence-electron chi connectivity index (χ4n) is 1.52. The quantitative estimate of drug-likeness (QED) is 0.239. The van der Waals surface area contributed by atoms with Gasteiger partial charge in [0.05, 0.1) is 13.2 Å². The first kappa shape index (κ1) is 20.4. The third-order valence-corrected chi connectivity index (χ3v) is 2.76. The molecule has 0 aromatic heterocycles. The molecule has 0 spiro atoms. The molecule has 0 aromatic rings. The number of ether oxygens (including phenoxy) is 3. The molecule has 126 valence electrons. The molecule has 0 amide bonds. The molecule has 0 saturated carbocycles. The van der Waals surface area contributed by atoms with E-state index in [1.165, 1.54) is 0 Å². The molecule has 5 heteroatoms. The molecule has 0 aliphatic rings. The van der Waals surface area contributed by atoms with Gasteiger partial charge in [-0.15, -0.1) is 0 Å². The molecule has 0 saturated heterocycles. The van der Waals surface area contributed by atoms with Crippen molar-refractivity contribution < 1.29 is 23.8 Å². The third kappa shape index (κ3) is 10.2. The Kier molecular flexibility index (Phi) is 11.1. The van der Waals surface area contributed by atoms with Gasteiger partial charge in [0.25, 0.3) is 0 Å². The minimum Gasteiger partial charge on any atom is -0.462 e. The van der Waals surface area contributed by atoms with Crippen molar-refractivity contribution in [2.45, 2.75) is 59.2 Å². The van der Waals surface area contributed by atoms with E-state index in [9.17, 15) is 9.59 Å². The zero-order valence-electron chi connectivity index (χ0n) is 14.0. The fraction of sp³-hybridized carbons (Fsp3) is 0.647. The summed E-state index contributed by atoms with van der Waals surface area (Å²) < 4.78 is 15.7. The lowest BCUT2D eigenvalue weighted by atomic mass is 10.2. The van der Waals surface area contributed by atoms with Crippen LogP contribution in [0, 0.1) is 0 Å². The highest BCUT2D eigenvalue weighted by atomic mass is 16.7. The van der Waals surface area contributed by atoms with Crippen LogP contribution in [-0.4, -0.2) is 31.4 Å². The highest BCUT2D eigenvalue weighted by molar-refractivity contribution is 5.87.